The summed E-state index contributed by atoms with van der Waals surface area (Å²) in [5.41, 5.74) is 2.48. The summed E-state index contributed by atoms with van der Waals surface area (Å²) in [5, 5.41) is 0.124. The van der Waals surface area contributed by atoms with Crippen LogP contribution in [0.2, 0.25) is 18.1 Å². The van der Waals surface area contributed by atoms with Crippen LogP contribution < -0.4 is 0 Å². The van der Waals surface area contributed by atoms with Gasteiger partial charge in [0.25, 0.3) is 0 Å². The Morgan fingerprint density at radius 1 is 1.47 bits per heavy atom. The molecule has 0 rings (SSSR count). The fourth-order valence-corrected chi connectivity index (χ4v) is 2.25. The van der Waals surface area contributed by atoms with E-state index in [1.165, 1.54) is 6.08 Å². The monoisotopic (exact) mass is 226 g/mol. The zero-order chi connectivity index (χ0) is 12.3. The molecule has 0 heterocycles. The molecular weight excluding hydrogens is 204 g/mol. The molecule has 0 bridgehead atoms. The topological polar surface area (TPSA) is 26.3 Å². The van der Waals surface area contributed by atoms with E-state index < -0.39 is 8.32 Å². The van der Waals surface area contributed by atoms with E-state index in [1.807, 2.05) is 0 Å². The molecule has 0 aromatic carbocycles. The van der Waals surface area contributed by atoms with Gasteiger partial charge in [0, 0.05) is 6.08 Å². The van der Waals surface area contributed by atoms with Gasteiger partial charge in [0.15, 0.2) is 14.1 Å². The van der Waals surface area contributed by atoms with Gasteiger partial charge in [-0.3, -0.25) is 4.79 Å². The molecule has 0 aromatic heterocycles. The minimum atomic E-state index is -1.85. The summed E-state index contributed by atoms with van der Waals surface area (Å²) in [6.45, 7) is 15.9. The molecule has 0 saturated carbocycles. The van der Waals surface area contributed by atoms with Crippen molar-refractivity contribution in [3.05, 3.63) is 18.4 Å². The van der Waals surface area contributed by atoms with Crippen molar-refractivity contribution in [1.82, 2.24) is 0 Å². The molecule has 0 aliphatic heterocycles. The molecule has 2 nitrogen and oxygen atoms in total. The van der Waals surface area contributed by atoms with Crippen LogP contribution in [0.4, 0.5) is 0 Å². The average Bonchev–Trinajstić information content (AvgIpc) is 2.01. The van der Waals surface area contributed by atoms with Gasteiger partial charge < -0.3 is 4.43 Å². The van der Waals surface area contributed by atoms with E-state index in [9.17, 15) is 4.79 Å². The van der Waals surface area contributed by atoms with Gasteiger partial charge in [-0.2, -0.15) is 0 Å². The standard InChI is InChI=1S/C12H22O2Si/c1-8-9-11(13)10(2)14-15(6,7)12(3,4)5/h9-10H,1H2,2-7H3. The number of hydrogen-bond donors (Lipinski definition) is 0. The van der Waals surface area contributed by atoms with Crippen LogP contribution in [-0.4, -0.2) is 20.2 Å². The van der Waals surface area contributed by atoms with Crippen molar-refractivity contribution in [3.8, 4) is 0 Å². The molecule has 0 spiro atoms. The Morgan fingerprint density at radius 3 is 2.27 bits per heavy atom. The Balaban J connectivity index is 4.60. The smallest absolute Gasteiger partial charge is 0.193 e. The number of ketones is 1. The third-order valence-electron chi connectivity index (χ3n) is 2.92. The SMILES string of the molecule is C=C=CC(=O)C(C)O[Si](C)(C)C(C)(C)C. The van der Waals surface area contributed by atoms with Crippen LogP contribution in [-0.2, 0) is 9.22 Å². The van der Waals surface area contributed by atoms with Crippen molar-refractivity contribution in [2.75, 3.05) is 0 Å². The molecule has 1 unspecified atom stereocenters. The van der Waals surface area contributed by atoms with Gasteiger partial charge in [-0.1, -0.05) is 27.4 Å². The number of hydrogen-bond acceptors (Lipinski definition) is 2. The van der Waals surface area contributed by atoms with E-state index >= 15 is 0 Å². The zero-order valence-corrected chi connectivity index (χ0v) is 11.7. The van der Waals surface area contributed by atoms with Crippen LogP contribution in [0.25, 0.3) is 0 Å². The van der Waals surface area contributed by atoms with E-state index in [4.69, 9.17) is 4.43 Å². The Bertz CT molecular complexity index is 280. The molecule has 0 radical (unpaired) electrons. The average molecular weight is 226 g/mol. The molecule has 0 aliphatic carbocycles. The quantitative estimate of drug-likeness (QED) is 0.417. The summed E-state index contributed by atoms with van der Waals surface area (Å²) in [5.74, 6) is -0.0603. The van der Waals surface area contributed by atoms with E-state index in [1.54, 1.807) is 6.92 Å². The molecule has 15 heavy (non-hydrogen) atoms. The van der Waals surface area contributed by atoms with Crippen molar-refractivity contribution in [3.63, 3.8) is 0 Å². The second-order valence-electron chi connectivity index (χ2n) is 5.27. The lowest BCUT2D eigenvalue weighted by Gasteiger charge is -2.37. The highest BCUT2D eigenvalue weighted by Gasteiger charge is 2.39. The molecule has 3 heteroatoms. The van der Waals surface area contributed by atoms with Gasteiger partial charge in [0.05, 0.1) is 0 Å². The first kappa shape index (κ1) is 14.4. The van der Waals surface area contributed by atoms with Gasteiger partial charge in [0.2, 0.25) is 0 Å². The highest BCUT2D eigenvalue weighted by Crippen LogP contribution is 2.37. The van der Waals surface area contributed by atoms with E-state index in [-0.39, 0.29) is 16.9 Å². The summed E-state index contributed by atoms with van der Waals surface area (Å²) >= 11 is 0. The lowest BCUT2D eigenvalue weighted by Crippen LogP contribution is -2.44. The highest BCUT2D eigenvalue weighted by atomic mass is 28.4. The summed E-state index contributed by atoms with van der Waals surface area (Å²) < 4.78 is 5.91. The summed E-state index contributed by atoms with van der Waals surface area (Å²) in [4.78, 5) is 11.5. The predicted octanol–water partition coefficient (Wildman–Crippen LogP) is 3.31. The van der Waals surface area contributed by atoms with Crippen molar-refractivity contribution in [1.29, 1.82) is 0 Å². The second kappa shape index (κ2) is 4.93. The lowest BCUT2D eigenvalue weighted by atomic mass is 10.2. The molecule has 0 fully saturated rings. The predicted molar refractivity (Wildman–Crippen MR) is 66.5 cm³/mol. The third-order valence-corrected chi connectivity index (χ3v) is 7.48. The second-order valence-corrected chi connectivity index (χ2v) is 10.0. The Kier molecular flexibility index (Phi) is 4.72. The maximum Gasteiger partial charge on any atom is 0.193 e. The minimum absolute atomic E-state index is 0.0603. The molecule has 0 N–H and O–H groups in total. The molecule has 0 saturated heterocycles. The van der Waals surface area contributed by atoms with Crippen molar-refractivity contribution >= 4 is 14.1 Å². The fourth-order valence-electron chi connectivity index (χ4n) is 0.895. The van der Waals surface area contributed by atoms with E-state index in [0.717, 1.165) is 0 Å². The number of carbonyl (C=O) groups excluding carboxylic acids is 1. The Labute approximate surface area is 94.2 Å². The van der Waals surface area contributed by atoms with E-state index in [0.29, 0.717) is 0 Å². The Morgan fingerprint density at radius 2 is 1.93 bits per heavy atom. The van der Waals surface area contributed by atoms with Crippen molar-refractivity contribution in [2.24, 2.45) is 0 Å². The highest BCUT2D eigenvalue weighted by molar-refractivity contribution is 6.74. The normalized spacial score (nSPS) is 14.3. The first-order valence-corrected chi connectivity index (χ1v) is 8.10. The van der Waals surface area contributed by atoms with Gasteiger partial charge in [0.1, 0.15) is 6.10 Å². The van der Waals surface area contributed by atoms with E-state index in [2.05, 4.69) is 46.2 Å². The fraction of sp³-hybridized carbons (Fsp3) is 0.667. The third kappa shape index (κ3) is 4.16. The van der Waals surface area contributed by atoms with Crippen LogP contribution in [0.3, 0.4) is 0 Å². The molecule has 0 aliphatic rings. The first-order chi connectivity index (χ1) is 6.62. The number of rotatable bonds is 4. The Hall–Kier alpha value is -0.633. The van der Waals surface area contributed by atoms with Crippen LogP contribution in [0, 0.1) is 0 Å². The lowest BCUT2D eigenvalue weighted by molar-refractivity contribution is -0.120. The van der Waals surface area contributed by atoms with Crippen molar-refractivity contribution in [2.45, 2.75) is 51.9 Å². The zero-order valence-electron chi connectivity index (χ0n) is 10.7. The van der Waals surface area contributed by atoms with Gasteiger partial charge in [-0.05, 0) is 25.1 Å². The summed E-state index contributed by atoms with van der Waals surface area (Å²) in [6, 6.07) is 0. The summed E-state index contributed by atoms with van der Waals surface area (Å²) in [6.07, 6.45) is 0.956. The summed E-state index contributed by atoms with van der Waals surface area (Å²) in [7, 11) is -1.85. The van der Waals surface area contributed by atoms with Crippen molar-refractivity contribution < 1.29 is 9.22 Å². The van der Waals surface area contributed by atoms with Gasteiger partial charge in [-0.15, -0.1) is 5.73 Å². The van der Waals surface area contributed by atoms with Crippen LogP contribution >= 0.6 is 0 Å². The number of carbonyl (C=O) groups is 1. The minimum Gasteiger partial charge on any atom is -0.407 e. The molecule has 0 amide bonds. The molecule has 86 valence electrons. The van der Waals surface area contributed by atoms with Crippen LogP contribution in [0.15, 0.2) is 18.4 Å². The maximum atomic E-state index is 11.5. The van der Waals surface area contributed by atoms with Crippen LogP contribution in [0.5, 0.6) is 0 Å². The molecule has 1 atom stereocenters. The van der Waals surface area contributed by atoms with Crippen LogP contribution in [0.1, 0.15) is 27.7 Å². The first-order valence-electron chi connectivity index (χ1n) is 5.19. The maximum absolute atomic E-state index is 11.5. The molecule has 0 aromatic rings. The van der Waals surface area contributed by atoms with Gasteiger partial charge >= 0.3 is 0 Å². The molecular formula is C12H22O2Si. The largest absolute Gasteiger partial charge is 0.407 e. The van der Waals surface area contributed by atoms with Gasteiger partial charge in [-0.25, -0.2) is 0 Å².